The summed E-state index contributed by atoms with van der Waals surface area (Å²) in [6, 6.07) is 17.2. The van der Waals surface area contributed by atoms with Crippen LogP contribution in [-0.2, 0) is 27.2 Å². The molecule has 0 heterocycles. The van der Waals surface area contributed by atoms with E-state index < -0.39 is 29.7 Å². The molecule has 0 saturated carbocycles. The second kappa shape index (κ2) is 17.2. The lowest BCUT2D eigenvalue weighted by Gasteiger charge is -2.25. The maximum Gasteiger partial charge on any atom is 0.408 e. The number of nitrogens with one attached hydrogen (secondary N) is 3. The molecule has 4 N–H and O–H groups in total. The van der Waals surface area contributed by atoms with E-state index in [1.54, 1.807) is 20.8 Å². The van der Waals surface area contributed by atoms with Crippen LogP contribution in [0, 0.1) is 0 Å². The van der Waals surface area contributed by atoms with Gasteiger partial charge in [0.25, 0.3) is 0 Å². The maximum atomic E-state index is 13.5. The zero-order valence-corrected chi connectivity index (χ0v) is 23.6. The second-order valence-corrected chi connectivity index (χ2v) is 10.8. The van der Waals surface area contributed by atoms with E-state index in [-0.39, 0.29) is 18.9 Å². The van der Waals surface area contributed by atoms with Crippen molar-refractivity contribution in [2.75, 3.05) is 13.2 Å². The normalized spacial score (nSPS) is 12.7. The van der Waals surface area contributed by atoms with E-state index in [2.05, 4.69) is 16.0 Å². The molecule has 3 amide bonds. The summed E-state index contributed by atoms with van der Waals surface area (Å²) in [7, 11) is 0. The molecule has 8 nitrogen and oxygen atoms in total. The number of amides is 3. The molecule has 0 aromatic heterocycles. The smallest absolute Gasteiger partial charge is 0.408 e. The van der Waals surface area contributed by atoms with E-state index >= 15 is 0 Å². The van der Waals surface area contributed by atoms with E-state index in [1.165, 1.54) is 0 Å². The van der Waals surface area contributed by atoms with E-state index in [9.17, 15) is 14.4 Å². The van der Waals surface area contributed by atoms with Crippen molar-refractivity contribution >= 4 is 17.9 Å². The zero-order chi connectivity index (χ0) is 28.5. The highest BCUT2D eigenvalue weighted by atomic mass is 16.6. The summed E-state index contributed by atoms with van der Waals surface area (Å²) in [6.07, 6.45) is 5.66. The van der Waals surface area contributed by atoms with Crippen molar-refractivity contribution < 1.29 is 24.2 Å². The van der Waals surface area contributed by atoms with Crippen molar-refractivity contribution in [2.45, 2.75) is 89.8 Å². The molecule has 0 spiro atoms. The van der Waals surface area contributed by atoms with Crippen molar-refractivity contribution in [3.63, 3.8) is 0 Å². The Labute approximate surface area is 232 Å². The van der Waals surface area contributed by atoms with Crippen LogP contribution in [0.1, 0.15) is 70.4 Å². The summed E-state index contributed by atoms with van der Waals surface area (Å²) in [5.41, 5.74) is 1.07. The topological polar surface area (TPSA) is 117 Å². The number of unbranched alkanes of at least 4 members (excludes halogenated alkanes) is 5. The van der Waals surface area contributed by atoms with E-state index in [1.807, 2.05) is 60.7 Å². The lowest BCUT2D eigenvalue weighted by atomic mass is 10.0. The molecule has 0 radical (unpaired) electrons. The Bertz CT molecular complexity index is 992. The van der Waals surface area contributed by atoms with E-state index in [0.717, 1.165) is 49.7 Å². The minimum Gasteiger partial charge on any atom is -0.444 e. The van der Waals surface area contributed by atoms with Gasteiger partial charge in [-0.15, -0.1) is 0 Å². The molecule has 1 unspecified atom stereocenters. The SMILES string of the molecule is CC(C)(C)OC(=O)N[C@@H](Cc1ccccc1)C(=O)NC(Cc1ccccc1)C(=O)NCCCCCCCCO. The van der Waals surface area contributed by atoms with Gasteiger partial charge in [0.1, 0.15) is 17.7 Å². The number of aliphatic hydroxyl groups is 1. The quantitative estimate of drug-likeness (QED) is 0.237. The van der Waals surface area contributed by atoms with Gasteiger partial charge in [0.15, 0.2) is 0 Å². The van der Waals surface area contributed by atoms with Crippen molar-refractivity contribution in [1.29, 1.82) is 0 Å². The molecule has 2 aromatic rings. The first-order valence-corrected chi connectivity index (χ1v) is 13.9. The minimum atomic E-state index is -0.924. The Morgan fingerprint density at radius 1 is 0.718 bits per heavy atom. The molecule has 0 bridgehead atoms. The number of carbonyl (C=O) groups is 3. The third kappa shape index (κ3) is 13.8. The molecule has 0 fully saturated rings. The van der Waals surface area contributed by atoms with Crippen LogP contribution >= 0.6 is 0 Å². The Morgan fingerprint density at radius 2 is 1.21 bits per heavy atom. The van der Waals surface area contributed by atoms with Crippen molar-refractivity contribution in [1.82, 2.24) is 16.0 Å². The van der Waals surface area contributed by atoms with Crippen LogP contribution in [0.2, 0.25) is 0 Å². The fraction of sp³-hybridized carbons (Fsp3) is 0.516. The van der Waals surface area contributed by atoms with Gasteiger partial charge in [-0.1, -0.05) is 86.3 Å². The molecule has 0 aliphatic heterocycles. The molecular formula is C31H45N3O5. The first-order valence-electron chi connectivity index (χ1n) is 13.9. The summed E-state index contributed by atoms with van der Waals surface area (Å²) in [5.74, 6) is -0.715. The van der Waals surface area contributed by atoms with Crippen molar-refractivity contribution in [3.05, 3.63) is 71.8 Å². The molecule has 39 heavy (non-hydrogen) atoms. The molecule has 8 heteroatoms. The van der Waals surface area contributed by atoms with E-state index in [0.29, 0.717) is 13.0 Å². The molecule has 0 saturated heterocycles. The van der Waals surface area contributed by atoms with Gasteiger partial charge in [0, 0.05) is 26.0 Å². The van der Waals surface area contributed by atoms with Gasteiger partial charge in [-0.05, 0) is 44.7 Å². The van der Waals surface area contributed by atoms with Crippen LogP contribution in [0.5, 0.6) is 0 Å². The third-order valence-electron chi connectivity index (χ3n) is 6.09. The lowest BCUT2D eigenvalue weighted by Crippen LogP contribution is -2.55. The fourth-order valence-electron chi connectivity index (χ4n) is 4.12. The number of alkyl carbamates (subject to hydrolysis) is 1. The molecule has 0 aliphatic rings. The predicted molar refractivity (Wildman–Crippen MR) is 153 cm³/mol. The van der Waals surface area contributed by atoms with Gasteiger partial charge < -0.3 is 25.8 Å². The number of hydrogen-bond donors (Lipinski definition) is 4. The predicted octanol–water partition coefficient (Wildman–Crippen LogP) is 4.30. The summed E-state index contributed by atoms with van der Waals surface area (Å²) in [6.45, 7) is 6.02. The average Bonchev–Trinajstić information content (AvgIpc) is 2.89. The Balaban J connectivity index is 2.07. The maximum absolute atomic E-state index is 13.5. The lowest BCUT2D eigenvalue weighted by molar-refractivity contribution is -0.130. The summed E-state index contributed by atoms with van der Waals surface area (Å²) >= 11 is 0. The van der Waals surface area contributed by atoms with Gasteiger partial charge in [-0.2, -0.15) is 0 Å². The van der Waals surface area contributed by atoms with Gasteiger partial charge in [-0.25, -0.2) is 4.79 Å². The average molecular weight is 540 g/mol. The summed E-state index contributed by atoms with van der Waals surface area (Å²) in [5, 5.41) is 17.4. The highest BCUT2D eigenvalue weighted by Gasteiger charge is 2.28. The third-order valence-corrected chi connectivity index (χ3v) is 6.09. The van der Waals surface area contributed by atoms with Crippen molar-refractivity contribution in [3.8, 4) is 0 Å². The summed E-state index contributed by atoms with van der Waals surface area (Å²) in [4.78, 5) is 39.2. The molecule has 2 aromatic carbocycles. The molecular weight excluding hydrogens is 494 g/mol. The highest BCUT2D eigenvalue weighted by Crippen LogP contribution is 2.10. The van der Waals surface area contributed by atoms with Gasteiger partial charge in [0.2, 0.25) is 11.8 Å². The molecule has 2 atom stereocenters. The summed E-state index contributed by atoms with van der Waals surface area (Å²) < 4.78 is 5.39. The number of carbonyl (C=O) groups excluding carboxylic acids is 3. The highest BCUT2D eigenvalue weighted by molar-refractivity contribution is 5.91. The zero-order valence-electron chi connectivity index (χ0n) is 23.6. The number of rotatable bonds is 16. The van der Waals surface area contributed by atoms with Crippen LogP contribution in [-0.4, -0.2) is 53.9 Å². The van der Waals surface area contributed by atoms with Crippen LogP contribution in [0.4, 0.5) is 4.79 Å². The monoisotopic (exact) mass is 539 g/mol. The Morgan fingerprint density at radius 3 is 1.72 bits per heavy atom. The first-order chi connectivity index (χ1) is 18.7. The van der Waals surface area contributed by atoms with Crippen LogP contribution in [0.3, 0.4) is 0 Å². The largest absolute Gasteiger partial charge is 0.444 e. The van der Waals surface area contributed by atoms with Crippen LogP contribution < -0.4 is 16.0 Å². The van der Waals surface area contributed by atoms with Crippen LogP contribution in [0.25, 0.3) is 0 Å². The molecule has 214 valence electrons. The van der Waals surface area contributed by atoms with Gasteiger partial charge in [0.05, 0.1) is 0 Å². The van der Waals surface area contributed by atoms with Gasteiger partial charge in [-0.3, -0.25) is 9.59 Å². The van der Waals surface area contributed by atoms with Gasteiger partial charge >= 0.3 is 6.09 Å². The number of aliphatic hydroxyl groups excluding tert-OH is 1. The number of hydrogen-bond acceptors (Lipinski definition) is 5. The van der Waals surface area contributed by atoms with E-state index in [4.69, 9.17) is 9.84 Å². The Kier molecular flexibility index (Phi) is 14.1. The molecule has 0 aliphatic carbocycles. The number of ether oxygens (including phenoxy) is 1. The molecule has 2 rings (SSSR count). The minimum absolute atomic E-state index is 0.226. The Hall–Kier alpha value is -3.39. The number of benzene rings is 2. The standard InChI is InChI=1S/C31H45N3O5/c1-31(2,3)39-30(38)34-27(23-25-18-12-9-13-19-25)29(37)33-26(22-24-16-10-8-11-17-24)28(36)32-20-14-6-4-5-7-15-21-35/h8-13,16-19,26-27,35H,4-7,14-15,20-23H2,1-3H3,(H,32,36)(H,33,37)(H,34,38)/t26?,27-/m0/s1. The van der Waals surface area contributed by atoms with Crippen LogP contribution in [0.15, 0.2) is 60.7 Å². The van der Waals surface area contributed by atoms with Crippen molar-refractivity contribution in [2.24, 2.45) is 0 Å². The second-order valence-electron chi connectivity index (χ2n) is 10.8. The first kappa shape index (κ1) is 31.8. The fourth-order valence-corrected chi connectivity index (χ4v) is 4.12.